The topological polar surface area (TPSA) is 112 Å². The molecule has 0 unspecified atom stereocenters. The van der Waals surface area contributed by atoms with Crippen molar-refractivity contribution < 1.29 is 26.3 Å². The molecule has 0 saturated heterocycles. The first-order valence-electron chi connectivity index (χ1n) is 9.14. The molecule has 0 fully saturated rings. The number of primary sulfonamides is 1. The van der Waals surface area contributed by atoms with Crippen molar-refractivity contribution in [3.05, 3.63) is 72.7 Å². The van der Waals surface area contributed by atoms with E-state index < -0.39 is 16.4 Å². The first-order chi connectivity index (χ1) is 15.1. The summed E-state index contributed by atoms with van der Waals surface area (Å²) in [7, 11) is -3.76. The lowest BCUT2D eigenvalue weighted by molar-refractivity contribution is -0.274. The minimum absolute atomic E-state index is 0.0195. The number of alkyl halides is 3. The number of aromatic nitrogens is 3. The van der Waals surface area contributed by atoms with Gasteiger partial charge in [0.05, 0.1) is 16.8 Å². The SMILES string of the molecule is NS(=O)(=O)c1ccc(CNc2nccn3c(-c4ccc(OC(F)(F)F)cc4)cnc23)cc1. The second kappa shape index (κ2) is 8.13. The first-order valence-corrected chi connectivity index (χ1v) is 10.7. The Morgan fingerprint density at radius 2 is 1.72 bits per heavy atom. The monoisotopic (exact) mass is 463 g/mol. The number of imidazole rings is 1. The number of ether oxygens (including phenoxy) is 1. The molecule has 3 N–H and O–H groups in total. The summed E-state index contributed by atoms with van der Waals surface area (Å²) >= 11 is 0. The lowest BCUT2D eigenvalue weighted by atomic mass is 10.1. The number of sulfonamides is 1. The van der Waals surface area contributed by atoms with E-state index >= 15 is 0 Å². The van der Waals surface area contributed by atoms with Crippen LogP contribution in [-0.4, -0.2) is 29.1 Å². The van der Waals surface area contributed by atoms with Crippen LogP contribution in [0.1, 0.15) is 5.56 Å². The average Bonchev–Trinajstić information content (AvgIpc) is 3.16. The van der Waals surface area contributed by atoms with Gasteiger partial charge < -0.3 is 10.1 Å². The zero-order chi connectivity index (χ0) is 22.9. The van der Waals surface area contributed by atoms with Gasteiger partial charge >= 0.3 is 6.36 Å². The molecule has 0 aliphatic carbocycles. The summed E-state index contributed by atoms with van der Waals surface area (Å²) in [6.45, 7) is 0.350. The number of anilines is 1. The Morgan fingerprint density at radius 1 is 1.03 bits per heavy atom. The minimum atomic E-state index is -4.75. The molecule has 4 rings (SSSR count). The van der Waals surface area contributed by atoms with Gasteiger partial charge in [-0.05, 0) is 42.0 Å². The Labute approximate surface area is 180 Å². The van der Waals surface area contributed by atoms with Crippen LogP contribution < -0.4 is 15.2 Å². The summed E-state index contributed by atoms with van der Waals surface area (Å²) < 4.78 is 65.4. The van der Waals surface area contributed by atoms with E-state index in [9.17, 15) is 21.6 Å². The molecular weight excluding hydrogens is 447 g/mol. The number of rotatable bonds is 6. The molecule has 4 aromatic rings. The standard InChI is InChI=1S/C20H16F3N5O3S/c21-20(22,23)31-15-5-3-14(4-6-15)17-12-27-19-18(25-9-10-28(17)19)26-11-13-1-7-16(8-2-13)32(24,29)30/h1-10,12H,11H2,(H,25,26)(H2,24,29,30). The highest BCUT2D eigenvalue weighted by Crippen LogP contribution is 2.28. The number of fused-ring (bicyclic) bond motifs is 1. The van der Waals surface area contributed by atoms with Crippen LogP contribution in [0.15, 0.2) is 72.0 Å². The van der Waals surface area contributed by atoms with Gasteiger partial charge in [0, 0.05) is 24.5 Å². The van der Waals surface area contributed by atoms with Gasteiger partial charge in [0.2, 0.25) is 10.0 Å². The van der Waals surface area contributed by atoms with Crippen LogP contribution in [-0.2, 0) is 16.6 Å². The number of halogens is 3. The number of hydrogen-bond acceptors (Lipinski definition) is 6. The highest BCUT2D eigenvalue weighted by Gasteiger charge is 2.31. The summed E-state index contributed by atoms with van der Waals surface area (Å²) in [5.41, 5.74) is 2.61. The van der Waals surface area contributed by atoms with Crippen molar-refractivity contribution in [1.29, 1.82) is 0 Å². The van der Waals surface area contributed by atoms with Crippen molar-refractivity contribution in [2.75, 3.05) is 5.32 Å². The largest absolute Gasteiger partial charge is 0.573 e. The van der Waals surface area contributed by atoms with E-state index in [4.69, 9.17) is 5.14 Å². The molecule has 0 saturated carbocycles. The van der Waals surface area contributed by atoms with E-state index in [1.54, 1.807) is 35.1 Å². The van der Waals surface area contributed by atoms with Gasteiger partial charge in [-0.2, -0.15) is 0 Å². The Bertz CT molecular complexity index is 1350. The molecule has 0 aliphatic rings. The molecule has 12 heteroatoms. The molecule has 32 heavy (non-hydrogen) atoms. The smallest absolute Gasteiger partial charge is 0.406 e. The van der Waals surface area contributed by atoms with Crippen LogP contribution in [0, 0.1) is 0 Å². The molecule has 2 aromatic heterocycles. The summed E-state index contributed by atoms with van der Waals surface area (Å²) in [4.78, 5) is 8.67. The quantitative estimate of drug-likeness (QED) is 0.452. The third-order valence-electron chi connectivity index (χ3n) is 4.52. The highest BCUT2D eigenvalue weighted by molar-refractivity contribution is 7.89. The zero-order valence-electron chi connectivity index (χ0n) is 16.2. The van der Waals surface area contributed by atoms with Gasteiger partial charge in [0.25, 0.3) is 0 Å². The summed E-state index contributed by atoms with van der Waals surface area (Å²) in [6, 6.07) is 11.6. The Balaban J connectivity index is 1.54. The van der Waals surface area contributed by atoms with Crippen LogP contribution in [0.2, 0.25) is 0 Å². The van der Waals surface area contributed by atoms with Crippen LogP contribution in [0.25, 0.3) is 16.9 Å². The average molecular weight is 463 g/mol. The third-order valence-corrected chi connectivity index (χ3v) is 5.45. The molecule has 166 valence electrons. The van der Waals surface area contributed by atoms with E-state index in [1.807, 2.05) is 0 Å². The molecule has 0 amide bonds. The Kier molecular flexibility index (Phi) is 5.48. The molecule has 0 radical (unpaired) electrons. The van der Waals surface area contributed by atoms with E-state index in [0.29, 0.717) is 29.3 Å². The van der Waals surface area contributed by atoms with Crippen LogP contribution in [0.3, 0.4) is 0 Å². The number of hydrogen-bond donors (Lipinski definition) is 2. The predicted molar refractivity (Wildman–Crippen MR) is 110 cm³/mol. The number of nitrogens with two attached hydrogens (primary N) is 1. The summed E-state index contributed by atoms with van der Waals surface area (Å²) in [6.07, 6.45) is 0.0777. The van der Waals surface area contributed by atoms with Crippen LogP contribution in [0.5, 0.6) is 5.75 Å². The first kappa shape index (κ1) is 21.6. The van der Waals surface area contributed by atoms with Gasteiger partial charge in [-0.3, -0.25) is 4.40 Å². The van der Waals surface area contributed by atoms with Crippen molar-refractivity contribution >= 4 is 21.5 Å². The van der Waals surface area contributed by atoms with E-state index in [2.05, 4.69) is 20.0 Å². The number of nitrogens with zero attached hydrogens (tertiary/aromatic N) is 3. The van der Waals surface area contributed by atoms with Crippen molar-refractivity contribution in [1.82, 2.24) is 14.4 Å². The van der Waals surface area contributed by atoms with Gasteiger partial charge in [0.15, 0.2) is 11.5 Å². The van der Waals surface area contributed by atoms with Crippen LogP contribution >= 0.6 is 0 Å². The second-order valence-corrected chi connectivity index (χ2v) is 8.29. The minimum Gasteiger partial charge on any atom is -0.406 e. The predicted octanol–water partition coefficient (Wildman–Crippen LogP) is 3.55. The molecule has 2 heterocycles. The number of benzene rings is 2. The summed E-state index contributed by atoms with van der Waals surface area (Å²) in [5, 5.41) is 8.24. The molecule has 2 aromatic carbocycles. The maximum atomic E-state index is 12.4. The zero-order valence-corrected chi connectivity index (χ0v) is 17.1. The van der Waals surface area contributed by atoms with Crippen molar-refractivity contribution in [3.63, 3.8) is 0 Å². The summed E-state index contributed by atoms with van der Waals surface area (Å²) in [5.74, 6) is 0.166. The van der Waals surface area contributed by atoms with E-state index in [1.165, 1.54) is 36.4 Å². The fourth-order valence-corrected chi connectivity index (χ4v) is 3.58. The van der Waals surface area contributed by atoms with Crippen molar-refractivity contribution in [3.8, 4) is 17.0 Å². The van der Waals surface area contributed by atoms with Gasteiger partial charge in [0.1, 0.15) is 5.75 Å². The van der Waals surface area contributed by atoms with Crippen molar-refractivity contribution in [2.45, 2.75) is 17.8 Å². The maximum absolute atomic E-state index is 12.4. The van der Waals surface area contributed by atoms with Gasteiger partial charge in [-0.1, -0.05) is 12.1 Å². The lowest BCUT2D eigenvalue weighted by Crippen LogP contribution is -2.16. The van der Waals surface area contributed by atoms with Gasteiger partial charge in [-0.15, -0.1) is 13.2 Å². The second-order valence-electron chi connectivity index (χ2n) is 6.73. The Morgan fingerprint density at radius 3 is 2.34 bits per heavy atom. The molecule has 0 spiro atoms. The number of nitrogens with one attached hydrogen (secondary N) is 1. The van der Waals surface area contributed by atoms with Crippen LogP contribution in [0.4, 0.5) is 19.0 Å². The fourth-order valence-electron chi connectivity index (χ4n) is 3.07. The fraction of sp³-hybridized carbons (Fsp3) is 0.100. The Hall–Kier alpha value is -3.64. The molecule has 0 bridgehead atoms. The molecule has 0 aliphatic heterocycles. The highest BCUT2D eigenvalue weighted by atomic mass is 32.2. The van der Waals surface area contributed by atoms with E-state index in [0.717, 1.165) is 5.56 Å². The van der Waals surface area contributed by atoms with Crippen molar-refractivity contribution in [2.24, 2.45) is 5.14 Å². The normalized spacial score (nSPS) is 12.1. The van der Waals surface area contributed by atoms with E-state index in [-0.39, 0.29) is 10.6 Å². The third kappa shape index (κ3) is 4.81. The molecular formula is C20H16F3N5O3S. The lowest BCUT2D eigenvalue weighted by Gasteiger charge is -2.10. The maximum Gasteiger partial charge on any atom is 0.573 e. The molecule has 8 nitrogen and oxygen atoms in total. The molecule has 0 atom stereocenters. The van der Waals surface area contributed by atoms with Gasteiger partial charge in [-0.25, -0.2) is 23.5 Å².